The molecule has 9 heteroatoms. The van der Waals surface area contributed by atoms with Crippen molar-refractivity contribution in [3.8, 4) is 0 Å². The molecule has 0 saturated heterocycles. The van der Waals surface area contributed by atoms with Gasteiger partial charge in [-0.3, -0.25) is 19.0 Å². The number of thiazole rings is 1. The van der Waals surface area contributed by atoms with Crippen LogP contribution >= 0.6 is 22.7 Å². The maximum absolute atomic E-state index is 13.9. The van der Waals surface area contributed by atoms with Gasteiger partial charge in [0.1, 0.15) is 10.6 Å². The molecule has 0 fully saturated rings. The van der Waals surface area contributed by atoms with E-state index in [4.69, 9.17) is 0 Å². The van der Waals surface area contributed by atoms with E-state index in [9.17, 15) is 14.4 Å². The minimum absolute atomic E-state index is 0.310. The molecule has 0 bridgehead atoms. The Morgan fingerprint density at radius 3 is 2.57 bits per heavy atom. The summed E-state index contributed by atoms with van der Waals surface area (Å²) in [5.74, 6) is -0.639. The maximum atomic E-state index is 13.9. The highest BCUT2D eigenvalue weighted by atomic mass is 32.1. The van der Waals surface area contributed by atoms with Crippen molar-refractivity contribution < 1.29 is 9.59 Å². The number of carbonyl (C=O) groups excluding carboxylic acids is 2. The Balaban J connectivity index is 1.57. The van der Waals surface area contributed by atoms with Gasteiger partial charge < -0.3 is 10.6 Å². The van der Waals surface area contributed by atoms with Crippen LogP contribution in [0.3, 0.4) is 0 Å². The highest BCUT2D eigenvalue weighted by molar-refractivity contribution is 7.10. The second-order valence-corrected chi connectivity index (χ2v) is 10.1. The van der Waals surface area contributed by atoms with Crippen LogP contribution in [0.2, 0.25) is 0 Å². The summed E-state index contributed by atoms with van der Waals surface area (Å²) in [5.41, 5.74) is 2.95. The lowest BCUT2D eigenvalue weighted by atomic mass is 10.0. The molecule has 4 heterocycles. The van der Waals surface area contributed by atoms with Crippen molar-refractivity contribution in [3.05, 3.63) is 114 Å². The topological polar surface area (TPSA) is 92.6 Å². The van der Waals surface area contributed by atoms with Crippen LogP contribution < -0.4 is 25.5 Å². The van der Waals surface area contributed by atoms with Gasteiger partial charge in [0.15, 0.2) is 4.80 Å². The number of thiophene rings is 1. The monoisotopic (exact) mass is 498 g/mol. The number of allylic oxidation sites excluding steroid dienone is 1. The minimum Gasteiger partial charge on any atom is -0.322 e. The fourth-order valence-corrected chi connectivity index (χ4v) is 6.41. The van der Waals surface area contributed by atoms with Gasteiger partial charge in [-0.15, -0.1) is 11.3 Å². The van der Waals surface area contributed by atoms with E-state index in [1.54, 1.807) is 23.6 Å². The van der Waals surface area contributed by atoms with Gasteiger partial charge in [-0.05, 0) is 36.6 Å². The normalized spacial score (nSPS) is 18.0. The van der Waals surface area contributed by atoms with Gasteiger partial charge in [0.25, 0.3) is 17.4 Å². The fraction of sp³-hybridized carbons (Fsp3) is 0.0769. The smallest absolute Gasteiger partial charge is 0.272 e. The molecule has 2 N–H and O–H groups in total. The summed E-state index contributed by atoms with van der Waals surface area (Å²) in [4.78, 5) is 46.1. The van der Waals surface area contributed by atoms with Crippen molar-refractivity contribution in [3.63, 3.8) is 0 Å². The first-order valence-electron chi connectivity index (χ1n) is 10.9. The summed E-state index contributed by atoms with van der Waals surface area (Å²) >= 11 is 2.64. The predicted molar refractivity (Wildman–Crippen MR) is 137 cm³/mol. The summed E-state index contributed by atoms with van der Waals surface area (Å²) in [5, 5.41) is 7.68. The van der Waals surface area contributed by atoms with E-state index in [-0.39, 0.29) is 17.4 Å². The summed E-state index contributed by atoms with van der Waals surface area (Å²) in [6.07, 6.45) is 0. The molecular formula is C26H18N4O3S2. The fourth-order valence-electron chi connectivity index (χ4n) is 4.44. The van der Waals surface area contributed by atoms with E-state index in [2.05, 4.69) is 15.6 Å². The summed E-state index contributed by atoms with van der Waals surface area (Å²) in [6, 6.07) is 19.6. The quantitative estimate of drug-likeness (QED) is 0.454. The van der Waals surface area contributed by atoms with Crippen molar-refractivity contribution in [1.82, 2.24) is 4.57 Å². The maximum Gasteiger partial charge on any atom is 0.272 e. The van der Waals surface area contributed by atoms with Crippen LogP contribution in [0.5, 0.6) is 0 Å². The number of aromatic nitrogens is 1. The molecule has 172 valence electrons. The number of hydrogen-bond donors (Lipinski definition) is 2. The molecular weight excluding hydrogens is 480 g/mol. The average molecular weight is 499 g/mol. The molecule has 0 aliphatic carbocycles. The summed E-state index contributed by atoms with van der Waals surface area (Å²) < 4.78 is 1.85. The Bertz CT molecular complexity index is 1710. The van der Waals surface area contributed by atoms with E-state index < -0.39 is 6.04 Å². The van der Waals surface area contributed by atoms with Gasteiger partial charge in [-0.2, -0.15) is 0 Å². The molecule has 2 amide bonds. The molecule has 2 aliphatic heterocycles. The molecule has 0 radical (unpaired) electrons. The third-order valence-electron chi connectivity index (χ3n) is 5.98. The zero-order valence-electron chi connectivity index (χ0n) is 18.4. The van der Waals surface area contributed by atoms with Gasteiger partial charge in [-0.25, -0.2) is 4.99 Å². The number of para-hydroxylation sites is 2. The molecule has 4 aromatic rings. The second-order valence-electron chi connectivity index (χ2n) is 8.11. The predicted octanol–water partition coefficient (Wildman–Crippen LogP) is 3.26. The van der Waals surface area contributed by atoms with Crippen LogP contribution in [-0.4, -0.2) is 16.4 Å². The van der Waals surface area contributed by atoms with Gasteiger partial charge in [0.05, 0.1) is 16.8 Å². The third kappa shape index (κ3) is 3.48. The van der Waals surface area contributed by atoms with Gasteiger partial charge >= 0.3 is 0 Å². The van der Waals surface area contributed by atoms with Crippen LogP contribution in [-0.2, 0) is 9.59 Å². The molecule has 35 heavy (non-hydrogen) atoms. The van der Waals surface area contributed by atoms with Crippen LogP contribution in [0, 0.1) is 0 Å². The Morgan fingerprint density at radius 2 is 1.80 bits per heavy atom. The molecule has 2 aromatic heterocycles. The van der Waals surface area contributed by atoms with E-state index in [1.807, 2.05) is 60.0 Å². The second kappa shape index (κ2) is 8.30. The van der Waals surface area contributed by atoms with Crippen LogP contribution in [0.4, 0.5) is 11.4 Å². The lowest BCUT2D eigenvalue weighted by Gasteiger charge is -2.24. The number of anilines is 2. The summed E-state index contributed by atoms with van der Waals surface area (Å²) in [7, 11) is 0. The van der Waals surface area contributed by atoms with Crippen LogP contribution in [0.25, 0.3) is 5.57 Å². The van der Waals surface area contributed by atoms with Gasteiger partial charge in [0, 0.05) is 21.8 Å². The first-order chi connectivity index (χ1) is 17.0. The molecule has 0 spiro atoms. The van der Waals surface area contributed by atoms with Crippen molar-refractivity contribution >= 4 is 51.4 Å². The number of nitrogens with one attached hydrogen (secondary N) is 2. The van der Waals surface area contributed by atoms with E-state index in [1.165, 1.54) is 22.7 Å². The molecule has 1 atom stereocenters. The Morgan fingerprint density at radius 1 is 1.03 bits per heavy atom. The molecule has 7 nitrogen and oxygen atoms in total. The zero-order chi connectivity index (χ0) is 24.1. The van der Waals surface area contributed by atoms with Crippen molar-refractivity contribution in [1.29, 1.82) is 0 Å². The summed E-state index contributed by atoms with van der Waals surface area (Å²) in [6.45, 7) is 1.78. The third-order valence-corrected chi connectivity index (χ3v) is 7.96. The van der Waals surface area contributed by atoms with E-state index in [0.29, 0.717) is 43.1 Å². The van der Waals surface area contributed by atoms with Crippen LogP contribution in [0.1, 0.15) is 23.4 Å². The Hall–Kier alpha value is -4.08. The highest BCUT2D eigenvalue weighted by Gasteiger charge is 2.34. The number of carbonyl (C=O) groups is 2. The number of nitrogens with zero attached hydrogens (tertiary/aromatic N) is 2. The van der Waals surface area contributed by atoms with Gasteiger partial charge in [-0.1, -0.05) is 53.8 Å². The first kappa shape index (κ1) is 21.5. The number of amides is 2. The number of benzene rings is 2. The van der Waals surface area contributed by atoms with Crippen molar-refractivity contribution in [2.45, 2.75) is 13.0 Å². The molecule has 0 saturated carbocycles. The largest absolute Gasteiger partial charge is 0.322 e. The van der Waals surface area contributed by atoms with Gasteiger partial charge in [0.2, 0.25) is 0 Å². The highest BCUT2D eigenvalue weighted by Crippen LogP contribution is 2.34. The SMILES string of the molecule is CC1=C(C(=O)Nc2ccccc2)C(c2cccs2)n2c(sc(=C3C(=O)Nc4ccccc43)c2=O)=N1. The number of fused-ring (bicyclic) bond motifs is 2. The van der Waals surface area contributed by atoms with Crippen LogP contribution in [0.15, 0.2) is 93.2 Å². The zero-order valence-corrected chi connectivity index (χ0v) is 20.1. The molecule has 2 aromatic carbocycles. The standard InChI is InChI=1S/C26H18N4O3S2/c1-14-19(23(31)28-15-8-3-2-4-9-15)21(18-12-7-13-34-18)30-25(33)22(35-26(30)27-14)20-16-10-5-6-11-17(16)29-24(20)32/h2-13,21H,1H3,(H,28,31)(H,29,32). The van der Waals surface area contributed by atoms with Crippen molar-refractivity contribution in [2.75, 3.05) is 10.6 Å². The molecule has 1 unspecified atom stereocenters. The lowest BCUT2D eigenvalue weighted by Crippen LogP contribution is -2.41. The molecule has 6 rings (SSSR count). The number of rotatable bonds is 3. The number of hydrogen-bond acceptors (Lipinski definition) is 6. The van der Waals surface area contributed by atoms with Crippen molar-refractivity contribution in [2.24, 2.45) is 4.99 Å². The Labute approximate surface area is 207 Å². The Kier molecular flexibility index (Phi) is 5.09. The molecule has 2 aliphatic rings. The first-order valence-corrected chi connectivity index (χ1v) is 12.6. The minimum atomic E-state index is -0.649. The van der Waals surface area contributed by atoms with E-state index in [0.717, 1.165) is 4.88 Å². The lowest BCUT2D eigenvalue weighted by molar-refractivity contribution is -0.113. The van der Waals surface area contributed by atoms with E-state index >= 15 is 0 Å². The average Bonchev–Trinajstić information content (AvgIpc) is 3.56.